The van der Waals surface area contributed by atoms with Crippen LogP contribution in [0.1, 0.15) is 27.2 Å². The zero-order valence-electron chi connectivity index (χ0n) is 8.79. The second kappa shape index (κ2) is 5.75. The highest BCUT2D eigenvalue weighted by atomic mass is 16.2. The second-order valence-corrected chi connectivity index (χ2v) is 3.35. The molecule has 0 radical (unpaired) electrons. The quantitative estimate of drug-likeness (QED) is 0.651. The maximum atomic E-state index is 11.7. The Kier molecular flexibility index (Phi) is 5.39. The molecule has 0 aromatic carbocycles. The van der Waals surface area contributed by atoms with Crippen LogP contribution in [-0.2, 0) is 4.79 Å². The van der Waals surface area contributed by atoms with E-state index in [0.29, 0.717) is 13.0 Å². The Labute approximate surface area is 80.6 Å². The van der Waals surface area contributed by atoms with Crippen LogP contribution < -0.4 is 5.73 Å². The van der Waals surface area contributed by atoms with Crippen LogP contribution in [-0.4, -0.2) is 29.4 Å². The van der Waals surface area contributed by atoms with E-state index in [-0.39, 0.29) is 11.9 Å². The van der Waals surface area contributed by atoms with Crippen molar-refractivity contribution in [3.63, 3.8) is 0 Å². The molecular formula is C10H20N2O. The first-order valence-electron chi connectivity index (χ1n) is 4.71. The van der Waals surface area contributed by atoms with Crippen molar-refractivity contribution < 1.29 is 4.79 Å². The molecule has 0 aromatic rings. The second-order valence-electron chi connectivity index (χ2n) is 3.35. The average molecular weight is 184 g/mol. The van der Waals surface area contributed by atoms with Crippen molar-refractivity contribution in [1.29, 1.82) is 0 Å². The Balaban J connectivity index is 4.27. The van der Waals surface area contributed by atoms with Crippen LogP contribution >= 0.6 is 0 Å². The molecular weight excluding hydrogens is 164 g/mol. The molecule has 0 aliphatic heterocycles. The molecule has 3 nitrogen and oxygen atoms in total. The fourth-order valence-corrected chi connectivity index (χ4v) is 1.27. The molecule has 0 rings (SSSR count). The van der Waals surface area contributed by atoms with E-state index in [1.165, 1.54) is 0 Å². The van der Waals surface area contributed by atoms with Gasteiger partial charge in [0.2, 0.25) is 5.91 Å². The molecule has 0 saturated carbocycles. The number of carbonyl (C=O) groups is 1. The van der Waals surface area contributed by atoms with Gasteiger partial charge in [-0.15, -0.1) is 6.58 Å². The van der Waals surface area contributed by atoms with Gasteiger partial charge in [0.1, 0.15) is 0 Å². The van der Waals surface area contributed by atoms with Crippen molar-refractivity contribution >= 4 is 5.91 Å². The normalized spacial score (nSPS) is 12.7. The maximum absolute atomic E-state index is 11.7. The number of nitrogens with two attached hydrogens (primary N) is 1. The summed E-state index contributed by atoms with van der Waals surface area (Å²) in [5.41, 5.74) is 5.68. The summed E-state index contributed by atoms with van der Waals surface area (Å²) in [5, 5.41) is 0. The third-order valence-corrected chi connectivity index (χ3v) is 1.98. The number of likely N-dealkylation sites (N-methyl/N-ethyl adjacent to an activating group) is 1. The smallest absolute Gasteiger partial charge is 0.240 e. The lowest BCUT2D eigenvalue weighted by molar-refractivity contribution is -0.133. The highest BCUT2D eigenvalue weighted by molar-refractivity contribution is 5.82. The summed E-state index contributed by atoms with van der Waals surface area (Å²) in [5.74, 6) is 0.0115. The standard InChI is InChI=1S/C10H20N2O/c1-5-7-9(11)10(13)12(6-2)8(3)4/h5,8-9H,1,6-7,11H2,2-4H3. The van der Waals surface area contributed by atoms with Gasteiger partial charge in [-0.1, -0.05) is 6.08 Å². The molecule has 0 saturated heterocycles. The summed E-state index contributed by atoms with van der Waals surface area (Å²) in [4.78, 5) is 13.4. The molecule has 0 aromatic heterocycles. The highest BCUT2D eigenvalue weighted by Gasteiger charge is 2.20. The molecule has 3 heteroatoms. The van der Waals surface area contributed by atoms with Gasteiger partial charge in [0.15, 0.2) is 0 Å². The van der Waals surface area contributed by atoms with E-state index in [0.717, 1.165) is 0 Å². The molecule has 0 aliphatic carbocycles. The van der Waals surface area contributed by atoms with E-state index in [4.69, 9.17) is 5.73 Å². The summed E-state index contributed by atoms with van der Waals surface area (Å²) in [6.07, 6.45) is 2.22. The monoisotopic (exact) mass is 184 g/mol. The summed E-state index contributed by atoms with van der Waals surface area (Å²) < 4.78 is 0. The number of rotatable bonds is 5. The van der Waals surface area contributed by atoms with E-state index in [2.05, 4.69) is 6.58 Å². The molecule has 0 aliphatic rings. The molecule has 0 fully saturated rings. The Bertz CT molecular complexity index is 178. The minimum atomic E-state index is -0.431. The number of hydrogen-bond acceptors (Lipinski definition) is 2. The number of carbonyl (C=O) groups excluding carboxylic acids is 1. The van der Waals surface area contributed by atoms with Crippen LogP contribution in [0.5, 0.6) is 0 Å². The van der Waals surface area contributed by atoms with Crippen molar-refractivity contribution in [1.82, 2.24) is 4.90 Å². The zero-order valence-corrected chi connectivity index (χ0v) is 8.79. The topological polar surface area (TPSA) is 46.3 Å². The molecule has 2 N–H and O–H groups in total. The number of nitrogens with zero attached hydrogens (tertiary/aromatic N) is 1. The Hall–Kier alpha value is -0.830. The van der Waals surface area contributed by atoms with Crippen LogP contribution in [0.3, 0.4) is 0 Å². The van der Waals surface area contributed by atoms with Crippen molar-refractivity contribution in [2.75, 3.05) is 6.54 Å². The third kappa shape index (κ3) is 3.59. The predicted octanol–water partition coefficient (Wildman–Crippen LogP) is 1.15. The molecule has 1 amide bonds. The van der Waals surface area contributed by atoms with Crippen LogP contribution in [0.2, 0.25) is 0 Å². The van der Waals surface area contributed by atoms with Gasteiger partial charge in [0, 0.05) is 12.6 Å². The van der Waals surface area contributed by atoms with Crippen LogP contribution in [0, 0.1) is 0 Å². The van der Waals surface area contributed by atoms with E-state index in [1.807, 2.05) is 20.8 Å². The Morgan fingerprint density at radius 2 is 2.15 bits per heavy atom. The highest BCUT2D eigenvalue weighted by Crippen LogP contribution is 2.02. The van der Waals surface area contributed by atoms with Crippen LogP contribution in [0.25, 0.3) is 0 Å². The summed E-state index contributed by atoms with van der Waals surface area (Å²) in [7, 11) is 0. The van der Waals surface area contributed by atoms with Crippen molar-refractivity contribution in [3.05, 3.63) is 12.7 Å². The number of amides is 1. The zero-order chi connectivity index (χ0) is 10.4. The van der Waals surface area contributed by atoms with Gasteiger partial charge >= 0.3 is 0 Å². The van der Waals surface area contributed by atoms with E-state index >= 15 is 0 Å². The maximum Gasteiger partial charge on any atom is 0.240 e. The molecule has 1 unspecified atom stereocenters. The lowest BCUT2D eigenvalue weighted by Crippen LogP contribution is -2.46. The molecule has 76 valence electrons. The molecule has 0 heterocycles. The van der Waals surface area contributed by atoms with Crippen molar-refractivity contribution in [3.8, 4) is 0 Å². The SMILES string of the molecule is C=CCC(N)C(=O)N(CC)C(C)C. The molecule has 0 bridgehead atoms. The molecule has 13 heavy (non-hydrogen) atoms. The van der Waals surface area contributed by atoms with Gasteiger partial charge in [-0.25, -0.2) is 0 Å². The van der Waals surface area contributed by atoms with E-state index < -0.39 is 6.04 Å². The summed E-state index contributed by atoms with van der Waals surface area (Å²) >= 11 is 0. The van der Waals surface area contributed by atoms with Crippen molar-refractivity contribution in [2.45, 2.75) is 39.3 Å². The predicted molar refractivity (Wildman–Crippen MR) is 55.3 cm³/mol. The first-order valence-corrected chi connectivity index (χ1v) is 4.71. The van der Waals surface area contributed by atoms with Crippen LogP contribution in [0.15, 0.2) is 12.7 Å². The van der Waals surface area contributed by atoms with Gasteiger partial charge < -0.3 is 10.6 Å². The van der Waals surface area contributed by atoms with E-state index in [9.17, 15) is 4.79 Å². The average Bonchev–Trinajstić information content (AvgIpc) is 2.05. The Morgan fingerprint density at radius 1 is 1.62 bits per heavy atom. The van der Waals surface area contributed by atoms with Crippen molar-refractivity contribution in [2.24, 2.45) is 5.73 Å². The fourth-order valence-electron chi connectivity index (χ4n) is 1.27. The minimum Gasteiger partial charge on any atom is -0.339 e. The number of hydrogen-bond donors (Lipinski definition) is 1. The first-order chi connectivity index (χ1) is 6.04. The van der Waals surface area contributed by atoms with Gasteiger partial charge in [0.05, 0.1) is 6.04 Å². The van der Waals surface area contributed by atoms with Gasteiger partial charge in [-0.3, -0.25) is 4.79 Å². The summed E-state index contributed by atoms with van der Waals surface area (Å²) in [6.45, 7) is 10.2. The van der Waals surface area contributed by atoms with Gasteiger partial charge in [-0.05, 0) is 27.2 Å². The van der Waals surface area contributed by atoms with Gasteiger partial charge in [-0.2, -0.15) is 0 Å². The van der Waals surface area contributed by atoms with Crippen LogP contribution in [0.4, 0.5) is 0 Å². The summed E-state index contributed by atoms with van der Waals surface area (Å²) in [6, 6.07) is -0.215. The fraction of sp³-hybridized carbons (Fsp3) is 0.700. The largest absolute Gasteiger partial charge is 0.339 e. The Morgan fingerprint density at radius 3 is 2.46 bits per heavy atom. The minimum absolute atomic E-state index is 0.0115. The molecule has 1 atom stereocenters. The van der Waals surface area contributed by atoms with E-state index in [1.54, 1.807) is 11.0 Å². The van der Waals surface area contributed by atoms with Gasteiger partial charge in [0.25, 0.3) is 0 Å². The molecule has 0 spiro atoms. The lowest BCUT2D eigenvalue weighted by Gasteiger charge is -2.27. The first kappa shape index (κ1) is 12.2. The third-order valence-electron chi connectivity index (χ3n) is 1.98. The lowest BCUT2D eigenvalue weighted by atomic mass is 10.1.